The summed E-state index contributed by atoms with van der Waals surface area (Å²) >= 11 is 0. The third kappa shape index (κ3) is 2.25. The van der Waals surface area contributed by atoms with Crippen LogP contribution in [-0.2, 0) is 0 Å². The minimum Gasteiger partial charge on any atom is -0.397 e. The van der Waals surface area contributed by atoms with E-state index in [4.69, 9.17) is 5.73 Å². The average Bonchev–Trinajstić information content (AvgIpc) is 2.32. The lowest BCUT2D eigenvalue weighted by Crippen LogP contribution is -2.15. The van der Waals surface area contributed by atoms with Crippen molar-refractivity contribution in [2.75, 3.05) is 5.73 Å². The normalized spacial score (nSPS) is 10.9. The number of nitrogen functional groups attached to an aromatic ring is 1. The summed E-state index contributed by atoms with van der Waals surface area (Å²) in [5.74, 6) is -0.444. The Morgan fingerprint density at radius 3 is 2.67 bits per heavy atom. The zero-order valence-corrected chi connectivity index (χ0v) is 10.2. The predicted molar refractivity (Wildman–Crippen MR) is 68.8 cm³/mol. The second-order valence-corrected chi connectivity index (χ2v) is 4.41. The van der Waals surface area contributed by atoms with Crippen LogP contribution in [0.4, 0.5) is 10.1 Å². The molecule has 0 spiro atoms. The number of rotatable bonds is 2. The number of aromatic nitrogens is 2. The van der Waals surface area contributed by atoms with Crippen LogP contribution in [-0.4, -0.2) is 9.97 Å². The molecule has 0 aliphatic heterocycles. The van der Waals surface area contributed by atoms with Gasteiger partial charge in [-0.3, -0.25) is 4.79 Å². The van der Waals surface area contributed by atoms with Crippen LogP contribution in [0.1, 0.15) is 25.5 Å². The van der Waals surface area contributed by atoms with Gasteiger partial charge in [-0.2, -0.15) is 4.39 Å². The molecular formula is C13H14FN3O. The molecule has 0 bridgehead atoms. The van der Waals surface area contributed by atoms with Crippen molar-refractivity contribution in [1.29, 1.82) is 0 Å². The maximum Gasteiger partial charge on any atom is 0.256 e. The van der Waals surface area contributed by atoms with Gasteiger partial charge >= 0.3 is 0 Å². The van der Waals surface area contributed by atoms with E-state index in [1.54, 1.807) is 6.07 Å². The van der Waals surface area contributed by atoms with E-state index < -0.39 is 5.95 Å². The van der Waals surface area contributed by atoms with Crippen LogP contribution in [0.25, 0.3) is 11.1 Å². The van der Waals surface area contributed by atoms with Crippen LogP contribution in [0.2, 0.25) is 0 Å². The molecule has 0 atom stereocenters. The maximum absolute atomic E-state index is 12.7. The first kappa shape index (κ1) is 12.3. The molecule has 0 saturated carbocycles. The number of hydrogen-bond donors (Lipinski definition) is 2. The predicted octanol–water partition coefficient (Wildman–Crippen LogP) is 2.28. The van der Waals surface area contributed by atoms with Gasteiger partial charge in [-0.1, -0.05) is 13.8 Å². The molecule has 0 aromatic carbocycles. The van der Waals surface area contributed by atoms with E-state index >= 15 is 0 Å². The first-order valence-electron chi connectivity index (χ1n) is 5.63. The Morgan fingerprint density at radius 2 is 2.11 bits per heavy atom. The molecule has 18 heavy (non-hydrogen) atoms. The topological polar surface area (TPSA) is 71.8 Å². The van der Waals surface area contributed by atoms with Gasteiger partial charge in [0.1, 0.15) is 0 Å². The summed E-state index contributed by atoms with van der Waals surface area (Å²) < 4.78 is 12.7. The molecule has 2 aromatic rings. The van der Waals surface area contributed by atoms with Crippen molar-refractivity contribution in [1.82, 2.24) is 9.97 Å². The van der Waals surface area contributed by atoms with E-state index in [2.05, 4.69) is 9.97 Å². The van der Waals surface area contributed by atoms with Gasteiger partial charge in [0, 0.05) is 17.5 Å². The number of hydrogen-bond acceptors (Lipinski definition) is 3. The quantitative estimate of drug-likeness (QED) is 0.800. The maximum atomic E-state index is 12.7. The van der Waals surface area contributed by atoms with Gasteiger partial charge in [-0.25, -0.2) is 4.98 Å². The SMILES string of the molecule is CC(C)c1[nH]c(=O)c(-c2ccc(F)nc2)cc1N. The number of halogens is 1. The summed E-state index contributed by atoms with van der Waals surface area (Å²) in [6, 6.07) is 4.31. The number of nitrogens with two attached hydrogens (primary N) is 1. The van der Waals surface area contributed by atoms with Crippen molar-refractivity contribution in [2.24, 2.45) is 0 Å². The fourth-order valence-electron chi connectivity index (χ4n) is 1.79. The summed E-state index contributed by atoms with van der Waals surface area (Å²) in [6.07, 6.45) is 1.31. The average molecular weight is 247 g/mol. The Kier molecular flexibility index (Phi) is 3.14. The standard InChI is InChI=1S/C13H14FN3O/c1-7(2)12-10(15)5-9(13(18)17-12)8-3-4-11(14)16-6-8/h3-7H,15H2,1-2H3,(H,17,18). The minimum atomic E-state index is -0.582. The highest BCUT2D eigenvalue weighted by molar-refractivity contribution is 5.66. The molecule has 2 rings (SSSR count). The molecule has 2 heterocycles. The minimum absolute atomic E-state index is 0.137. The zero-order chi connectivity index (χ0) is 13.3. The summed E-state index contributed by atoms with van der Waals surface area (Å²) in [7, 11) is 0. The zero-order valence-electron chi connectivity index (χ0n) is 10.2. The molecule has 0 unspecified atom stereocenters. The molecule has 0 radical (unpaired) electrons. The van der Waals surface area contributed by atoms with Gasteiger partial charge in [-0.15, -0.1) is 0 Å². The molecule has 0 saturated heterocycles. The van der Waals surface area contributed by atoms with Crippen molar-refractivity contribution in [2.45, 2.75) is 19.8 Å². The van der Waals surface area contributed by atoms with Gasteiger partial charge in [0.25, 0.3) is 5.56 Å². The summed E-state index contributed by atoms with van der Waals surface area (Å²) in [5.41, 5.74) is 7.80. The smallest absolute Gasteiger partial charge is 0.256 e. The van der Waals surface area contributed by atoms with E-state index in [1.165, 1.54) is 18.3 Å². The van der Waals surface area contributed by atoms with E-state index in [9.17, 15) is 9.18 Å². The highest BCUT2D eigenvalue weighted by atomic mass is 19.1. The Bertz CT molecular complexity index is 617. The lowest BCUT2D eigenvalue weighted by atomic mass is 10.0. The third-order valence-electron chi connectivity index (χ3n) is 2.72. The summed E-state index contributed by atoms with van der Waals surface area (Å²) in [5, 5.41) is 0. The number of pyridine rings is 2. The molecule has 4 nitrogen and oxygen atoms in total. The largest absolute Gasteiger partial charge is 0.397 e. The van der Waals surface area contributed by atoms with E-state index in [1.807, 2.05) is 13.8 Å². The van der Waals surface area contributed by atoms with E-state index in [0.717, 1.165) is 0 Å². The van der Waals surface area contributed by atoms with Crippen LogP contribution in [0.3, 0.4) is 0 Å². The monoisotopic (exact) mass is 247 g/mol. The summed E-state index contributed by atoms with van der Waals surface area (Å²) in [4.78, 5) is 18.2. The lowest BCUT2D eigenvalue weighted by molar-refractivity contribution is 0.584. The fraction of sp³-hybridized carbons (Fsp3) is 0.231. The van der Waals surface area contributed by atoms with Crippen LogP contribution in [0.5, 0.6) is 0 Å². The molecule has 2 aromatic heterocycles. The molecule has 0 amide bonds. The lowest BCUT2D eigenvalue weighted by Gasteiger charge is -2.10. The van der Waals surface area contributed by atoms with Crippen molar-refractivity contribution in [3.8, 4) is 11.1 Å². The fourth-order valence-corrected chi connectivity index (χ4v) is 1.79. The van der Waals surface area contributed by atoms with Crippen LogP contribution >= 0.6 is 0 Å². The summed E-state index contributed by atoms with van der Waals surface area (Å²) in [6.45, 7) is 3.89. The number of nitrogens with zero attached hydrogens (tertiary/aromatic N) is 1. The second-order valence-electron chi connectivity index (χ2n) is 4.41. The highest BCUT2D eigenvalue weighted by Gasteiger charge is 2.11. The van der Waals surface area contributed by atoms with Crippen LogP contribution < -0.4 is 11.3 Å². The van der Waals surface area contributed by atoms with Crippen molar-refractivity contribution < 1.29 is 4.39 Å². The van der Waals surface area contributed by atoms with E-state index in [0.29, 0.717) is 22.5 Å². The number of H-pyrrole nitrogens is 1. The van der Waals surface area contributed by atoms with Gasteiger partial charge in [0.15, 0.2) is 0 Å². The Labute approximate surface area is 104 Å². The number of aromatic amines is 1. The molecular weight excluding hydrogens is 233 g/mol. The van der Waals surface area contributed by atoms with Crippen molar-refractivity contribution >= 4 is 5.69 Å². The Balaban J connectivity index is 2.56. The first-order valence-corrected chi connectivity index (χ1v) is 5.63. The highest BCUT2D eigenvalue weighted by Crippen LogP contribution is 2.22. The third-order valence-corrected chi connectivity index (χ3v) is 2.72. The Morgan fingerprint density at radius 1 is 1.39 bits per heavy atom. The molecule has 5 heteroatoms. The van der Waals surface area contributed by atoms with Gasteiger partial charge in [0.2, 0.25) is 5.95 Å². The van der Waals surface area contributed by atoms with Crippen LogP contribution in [0.15, 0.2) is 29.2 Å². The molecule has 0 fully saturated rings. The number of anilines is 1. The van der Waals surface area contributed by atoms with Gasteiger partial charge in [0.05, 0.1) is 11.3 Å². The molecule has 0 aliphatic rings. The van der Waals surface area contributed by atoms with Crippen LogP contribution in [0, 0.1) is 5.95 Å². The van der Waals surface area contributed by atoms with Gasteiger partial charge < -0.3 is 10.7 Å². The van der Waals surface area contributed by atoms with Crippen molar-refractivity contribution in [3.05, 3.63) is 46.4 Å². The number of nitrogens with one attached hydrogen (secondary N) is 1. The molecule has 3 N–H and O–H groups in total. The second kappa shape index (κ2) is 4.60. The Hall–Kier alpha value is -2.17. The molecule has 94 valence electrons. The van der Waals surface area contributed by atoms with Crippen molar-refractivity contribution in [3.63, 3.8) is 0 Å². The van der Waals surface area contributed by atoms with E-state index in [-0.39, 0.29) is 11.5 Å². The first-order chi connectivity index (χ1) is 8.49. The van der Waals surface area contributed by atoms with Gasteiger partial charge in [-0.05, 0) is 24.1 Å². The molecule has 0 aliphatic carbocycles.